The van der Waals surface area contributed by atoms with Gasteiger partial charge in [0.15, 0.2) is 0 Å². The molecule has 0 aromatic rings. The van der Waals surface area contributed by atoms with E-state index < -0.39 is 0 Å². The Hall–Kier alpha value is 0.270. The third-order valence-electron chi connectivity index (χ3n) is 0.751. The second-order valence-corrected chi connectivity index (χ2v) is 1.95. The van der Waals surface area contributed by atoms with E-state index >= 15 is 0 Å². The van der Waals surface area contributed by atoms with Crippen LogP contribution in [-0.2, 0) is 4.74 Å². The smallest absolute Gasteiger partial charge is 0.0701 e. The predicted octanol–water partition coefficient (Wildman–Crippen LogP) is 0.314. The molecular weight excluding hydrogens is 124 g/mol. The average Bonchev–Trinajstić information content (AvgIpc) is 1.83. The molecule has 0 aliphatic carbocycles. The highest BCUT2D eigenvalue weighted by molar-refractivity contribution is 7.80. The molecule has 2 nitrogen and oxygen atoms in total. The Morgan fingerprint density at radius 2 is 2.38 bits per heavy atom. The SMILES string of the molecule is CC(CS)OCCO. The molecule has 0 heterocycles. The summed E-state index contributed by atoms with van der Waals surface area (Å²) in [6.45, 7) is 2.43. The maximum atomic E-state index is 8.26. The first-order valence-corrected chi connectivity index (χ1v) is 3.27. The minimum Gasteiger partial charge on any atom is -0.394 e. The summed E-state index contributed by atoms with van der Waals surface area (Å²) in [5.74, 6) is 0.708. The Balaban J connectivity index is 2.86. The van der Waals surface area contributed by atoms with E-state index in [0.717, 1.165) is 0 Å². The summed E-state index contributed by atoms with van der Waals surface area (Å²) in [6.07, 6.45) is 0.158. The van der Waals surface area contributed by atoms with Crippen LogP contribution in [0.5, 0.6) is 0 Å². The highest BCUT2D eigenvalue weighted by Crippen LogP contribution is 1.90. The van der Waals surface area contributed by atoms with E-state index in [9.17, 15) is 0 Å². The first-order chi connectivity index (χ1) is 3.81. The van der Waals surface area contributed by atoms with Crippen molar-refractivity contribution in [3.63, 3.8) is 0 Å². The lowest BCUT2D eigenvalue weighted by atomic mass is 10.5. The number of hydrogen-bond acceptors (Lipinski definition) is 3. The Bertz CT molecular complexity index is 49.7. The number of hydrogen-bond donors (Lipinski definition) is 2. The number of thiol groups is 1. The van der Waals surface area contributed by atoms with Gasteiger partial charge in [0.1, 0.15) is 0 Å². The van der Waals surface area contributed by atoms with Gasteiger partial charge >= 0.3 is 0 Å². The lowest BCUT2D eigenvalue weighted by Gasteiger charge is -2.06. The van der Waals surface area contributed by atoms with E-state index in [-0.39, 0.29) is 12.7 Å². The van der Waals surface area contributed by atoms with Crippen molar-refractivity contribution in [3.8, 4) is 0 Å². The van der Waals surface area contributed by atoms with E-state index in [1.807, 2.05) is 6.92 Å². The molecule has 0 aromatic heterocycles. The van der Waals surface area contributed by atoms with E-state index in [0.29, 0.717) is 12.4 Å². The average molecular weight is 136 g/mol. The van der Waals surface area contributed by atoms with Gasteiger partial charge in [-0.2, -0.15) is 12.6 Å². The normalized spacial score (nSPS) is 13.9. The molecule has 1 N–H and O–H groups in total. The highest BCUT2D eigenvalue weighted by atomic mass is 32.1. The van der Waals surface area contributed by atoms with Crippen molar-refractivity contribution < 1.29 is 9.84 Å². The third-order valence-corrected chi connectivity index (χ3v) is 1.26. The van der Waals surface area contributed by atoms with Crippen molar-refractivity contribution >= 4 is 12.6 Å². The molecule has 0 rings (SSSR count). The van der Waals surface area contributed by atoms with Gasteiger partial charge in [-0.3, -0.25) is 0 Å². The fourth-order valence-corrected chi connectivity index (χ4v) is 0.412. The first kappa shape index (κ1) is 8.27. The monoisotopic (exact) mass is 136 g/mol. The number of ether oxygens (including phenoxy) is 1. The van der Waals surface area contributed by atoms with Crippen LogP contribution >= 0.6 is 12.6 Å². The van der Waals surface area contributed by atoms with Gasteiger partial charge in [-0.25, -0.2) is 0 Å². The van der Waals surface area contributed by atoms with Crippen molar-refractivity contribution in [1.29, 1.82) is 0 Å². The summed E-state index contributed by atoms with van der Waals surface area (Å²) in [5, 5.41) is 8.26. The summed E-state index contributed by atoms with van der Waals surface area (Å²) < 4.78 is 5.01. The molecular formula is C5H12O2S. The molecule has 0 saturated heterocycles. The molecule has 0 amide bonds. The van der Waals surface area contributed by atoms with Crippen LogP contribution in [0.1, 0.15) is 6.92 Å². The van der Waals surface area contributed by atoms with Crippen LogP contribution in [0, 0.1) is 0 Å². The van der Waals surface area contributed by atoms with Crippen LogP contribution in [0.15, 0.2) is 0 Å². The number of aliphatic hydroxyl groups excluding tert-OH is 1. The van der Waals surface area contributed by atoms with Crippen LogP contribution in [0.3, 0.4) is 0 Å². The summed E-state index contributed by atoms with van der Waals surface area (Å²) in [4.78, 5) is 0. The topological polar surface area (TPSA) is 29.5 Å². The van der Waals surface area contributed by atoms with Crippen molar-refractivity contribution in [1.82, 2.24) is 0 Å². The third kappa shape index (κ3) is 4.43. The Labute approximate surface area is 55.3 Å². The van der Waals surface area contributed by atoms with Gasteiger partial charge in [0.2, 0.25) is 0 Å². The molecule has 1 atom stereocenters. The van der Waals surface area contributed by atoms with Gasteiger partial charge < -0.3 is 9.84 Å². The molecule has 0 spiro atoms. The second kappa shape index (κ2) is 5.41. The van der Waals surface area contributed by atoms with Gasteiger partial charge in [0.25, 0.3) is 0 Å². The molecule has 0 saturated carbocycles. The van der Waals surface area contributed by atoms with Gasteiger partial charge in [-0.15, -0.1) is 0 Å². The molecule has 1 unspecified atom stereocenters. The van der Waals surface area contributed by atoms with Crippen molar-refractivity contribution in [2.45, 2.75) is 13.0 Å². The molecule has 0 aliphatic rings. The predicted molar refractivity (Wildman–Crippen MR) is 36.4 cm³/mol. The Kier molecular flexibility index (Phi) is 5.59. The zero-order valence-corrected chi connectivity index (χ0v) is 5.90. The minimum atomic E-state index is 0.0954. The molecule has 0 aliphatic heterocycles. The van der Waals surface area contributed by atoms with E-state index in [2.05, 4.69) is 12.6 Å². The minimum absolute atomic E-state index is 0.0954. The van der Waals surface area contributed by atoms with Crippen LogP contribution < -0.4 is 0 Å². The van der Waals surface area contributed by atoms with Gasteiger partial charge in [-0.05, 0) is 6.92 Å². The number of rotatable bonds is 4. The quantitative estimate of drug-likeness (QED) is 0.545. The fraction of sp³-hybridized carbons (Fsp3) is 1.00. The second-order valence-electron chi connectivity index (χ2n) is 1.59. The maximum Gasteiger partial charge on any atom is 0.0701 e. The summed E-state index contributed by atoms with van der Waals surface area (Å²) in [7, 11) is 0. The molecule has 3 heteroatoms. The zero-order valence-electron chi connectivity index (χ0n) is 5.00. The molecule has 0 aromatic carbocycles. The van der Waals surface area contributed by atoms with Gasteiger partial charge in [0, 0.05) is 5.75 Å². The Morgan fingerprint density at radius 1 is 1.75 bits per heavy atom. The Morgan fingerprint density at radius 3 is 2.75 bits per heavy atom. The van der Waals surface area contributed by atoms with E-state index in [4.69, 9.17) is 9.84 Å². The molecule has 0 fully saturated rings. The standard InChI is InChI=1S/C5H12O2S/c1-5(4-8)7-3-2-6/h5-6,8H,2-4H2,1H3. The summed E-state index contributed by atoms with van der Waals surface area (Å²) >= 11 is 3.98. The molecule has 0 bridgehead atoms. The fourth-order valence-electron chi connectivity index (χ4n) is 0.307. The molecule has 0 radical (unpaired) electrons. The van der Waals surface area contributed by atoms with Crippen LogP contribution in [0.25, 0.3) is 0 Å². The summed E-state index contributed by atoms with van der Waals surface area (Å²) in [6, 6.07) is 0. The first-order valence-electron chi connectivity index (χ1n) is 2.64. The summed E-state index contributed by atoms with van der Waals surface area (Å²) in [5.41, 5.74) is 0. The maximum absolute atomic E-state index is 8.26. The highest BCUT2D eigenvalue weighted by Gasteiger charge is 1.94. The van der Waals surface area contributed by atoms with Gasteiger partial charge in [0.05, 0.1) is 19.3 Å². The van der Waals surface area contributed by atoms with Crippen molar-refractivity contribution in [2.24, 2.45) is 0 Å². The van der Waals surface area contributed by atoms with Gasteiger partial charge in [-0.1, -0.05) is 0 Å². The van der Waals surface area contributed by atoms with Crippen LogP contribution in [0.4, 0.5) is 0 Å². The van der Waals surface area contributed by atoms with E-state index in [1.54, 1.807) is 0 Å². The lowest BCUT2D eigenvalue weighted by Crippen LogP contribution is -2.12. The zero-order chi connectivity index (χ0) is 6.41. The molecule has 50 valence electrons. The lowest BCUT2D eigenvalue weighted by molar-refractivity contribution is 0.0521. The molecule has 8 heavy (non-hydrogen) atoms. The van der Waals surface area contributed by atoms with Crippen LogP contribution in [-0.4, -0.2) is 30.2 Å². The van der Waals surface area contributed by atoms with E-state index in [1.165, 1.54) is 0 Å². The van der Waals surface area contributed by atoms with Crippen molar-refractivity contribution in [2.75, 3.05) is 19.0 Å². The largest absolute Gasteiger partial charge is 0.394 e. The number of aliphatic hydroxyl groups is 1. The van der Waals surface area contributed by atoms with Crippen molar-refractivity contribution in [3.05, 3.63) is 0 Å². The van der Waals surface area contributed by atoms with Crippen LogP contribution in [0.2, 0.25) is 0 Å².